The number of hydrogen-bond acceptors (Lipinski definition) is 5. The van der Waals surface area contributed by atoms with Crippen molar-refractivity contribution in [1.82, 2.24) is 20.4 Å². The number of likely N-dealkylation sites (N-methyl/N-ethyl adjacent to an activating group) is 1. The van der Waals surface area contributed by atoms with Gasteiger partial charge < -0.3 is 15.5 Å². The lowest BCUT2D eigenvalue weighted by atomic mass is 10.2. The highest BCUT2D eigenvalue weighted by Crippen LogP contribution is 2.04. The van der Waals surface area contributed by atoms with E-state index in [-0.39, 0.29) is 18.9 Å². The predicted molar refractivity (Wildman–Crippen MR) is 93.6 cm³/mol. The van der Waals surface area contributed by atoms with E-state index in [1.807, 2.05) is 6.92 Å². The van der Waals surface area contributed by atoms with Crippen LogP contribution in [-0.4, -0.2) is 71.6 Å². The summed E-state index contributed by atoms with van der Waals surface area (Å²) < 4.78 is 0. The van der Waals surface area contributed by atoms with Gasteiger partial charge in [-0.15, -0.1) is 0 Å². The molecule has 26 heavy (non-hydrogen) atoms. The van der Waals surface area contributed by atoms with Crippen LogP contribution in [0.3, 0.4) is 0 Å². The molecule has 0 radical (unpaired) electrons. The molecule has 9 nitrogen and oxygen atoms in total. The van der Waals surface area contributed by atoms with E-state index >= 15 is 0 Å². The Hall–Kier alpha value is -2.71. The highest BCUT2D eigenvalue weighted by molar-refractivity contribution is 6.13. The van der Waals surface area contributed by atoms with Gasteiger partial charge in [-0.3, -0.25) is 28.9 Å². The number of hydrogen-bond donors (Lipinski definition) is 2. The molecule has 9 heteroatoms. The van der Waals surface area contributed by atoms with Crippen molar-refractivity contribution in [2.75, 3.05) is 20.1 Å². The van der Waals surface area contributed by atoms with E-state index in [0.717, 1.165) is 23.5 Å². The molecule has 5 amide bonds. The van der Waals surface area contributed by atoms with Gasteiger partial charge in [-0.1, -0.05) is 6.92 Å². The summed E-state index contributed by atoms with van der Waals surface area (Å²) in [5.41, 5.74) is 0. The lowest BCUT2D eigenvalue weighted by Crippen LogP contribution is -2.52. The van der Waals surface area contributed by atoms with E-state index in [2.05, 4.69) is 10.6 Å². The summed E-state index contributed by atoms with van der Waals surface area (Å²) >= 11 is 0. The number of amides is 5. The van der Waals surface area contributed by atoms with Gasteiger partial charge in [0.25, 0.3) is 11.8 Å². The lowest BCUT2D eigenvalue weighted by molar-refractivity contribution is -0.137. The van der Waals surface area contributed by atoms with Crippen LogP contribution in [0.4, 0.5) is 0 Å². The number of nitrogens with one attached hydrogen (secondary N) is 2. The first-order chi connectivity index (χ1) is 12.2. The summed E-state index contributed by atoms with van der Waals surface area (Å²) in [5, 5.41) is 5.05. The maximum Gasteiger partial charge on any atom is 0.253 e. The van der Waals surface area contributed by atoms with Crippen LogP contribution < -0.4 is 10.6 Å². The van der Waals surface area contributed by atoms with Crippen LogP contribution in [0.25, 0.3) is 0 Å². The topological polar surface area (TPSA) is 116 Å². The molecule has 0 fully saturated rings. The van der Waals surface area contributed by atoms with Crippen molar-refractivity contribution in [3.8, 4) is 0 Å². The molecule has 0 saturated heterocycles. The Labute approximate surface area is 152 Å². The molecule has 1 aliphatic rings. The van der Waals surface area contributed by atoms with E-state index in [1.54, 1.807) is 14.0 Å². The average Bonchev–Trinajstić information content (AvgIpc) is 2.90. The minimum Gasteiger partial charge on any atom is -0.345 e. The number of imide groups is 1. The third-order valence-corrected chi connectivity index (χ3v) is 3.90. The van der Waals surface area contributed by atoms with Gasteiger partial charge in [-0.05, 0) is 20.3 Å². The molecule has 0 saturated carbocycles. The second kappa shape index (κ2) is 9.69. The minimum atomic E-state index is -0.850. The van der Waals surface area contributed by atoms with E-state index in [4.69, 9.17) is 0 Å². The molecular formula is C17H26N4O5. The first-order valence-electron chi connectivity index (χ1n) is 8.55. The summed E-state index contributed by atoms with van der Waals surface area (Å²) in [4.78, 5) is 61.4. The Bertz CT molecular complexity index is 598. The molecule has 1 aliphatic heterocycles. The largest absolute Gasteiger partial charge is 0.345 e. The smallest absolute Gasteiger partial charge is 0.253 e. The van der Waals surface area contributed by atoms with Crippen molar-refractivity contribution >= 4 is 29.5 Å². The molecule has 2 N–H and O–H groups in total. The standard InChI is InChI=1S/C17H26N4O5/c1-5-9-20(4)17(26)12(3)19-16(25)11(2)18-13(22)8-10-21-14(23)6-7-15(21)24/h6-7,11-12H,5,8-10H2,1-4H3,(H,18,22)(H,19,25)/t11-,12-/m0/s1. The van der Waals surface area contributed by atoms with Gasteiger partial charge in [-0.2, -0.15) is 0 Å². The Morgan fingerprint density at radius 1 is 1.08 bits per heavy atom. The second-order valence-electron chi connectivity index (χ2n) is 6.19. The summed E-state index contributed by atoms with van der Waals surface area (Å²) in [5.74, 6) is -2.09. The zero-order chi connectivity index (χ0) is 19.9. The predicted octanol–water partition coefficient (Wildman–Crippen LogP) is -0.821. The van der Waals surface area contributed by atoms with Crippen LogP contribution in [0, 0.1) is 0 Å². The molecule has 0 spiro atoms. The molecule has 0 unspecified atom stereocenters. The first kappa shape index (κ1) is 21.3. The Balaban J connectivity index is 2.41. The summed E-state index contributed by atoms with van der Waals surface area (Å²) in [6.45, 7) is 5.56. The zero-order valence-corrected chi connectivity index (χ0v) is 15.6. The van der Waals surface area contributed by atoms with Crippen LogP contribution in [0.2, 0.25) is 0 Å². The van der Waals surface area contributed by atoms with Gasteiger partial charge in [0.05, 0.1) is 0 Å². The van der Waals surface area contributed by atoms with Crippen LogP contribution in [0.1, 0.15) is 33.6 Å². The van der Waals surface area contributed by atoms with Crippen molar-refractivity contribution in [2.24, 2.45) is 0 Å². The highest BCUT2D eigenvalue weighted by Gasteiger charge is 2.25. The van der Waals surface area contributed by atoms with Gasteiger partial charge in [-0.25, -0.2) is 0 Å². The third-order valence-electron chi connectivity index (χ3n) is 3.90. The fourth-order valence-electron chi connectivity index (χ4n) is 2.42. The number of carbonyl (C=O) groups excluding carboxylic acids is 5. The summed E-state index contributed by atoms with van der Waals surface area (Å²) in [7, 11) is 1.66. The van der Waals surface area contributed by atoms with Gasteiger partial charge in [0.2, 0.25) is 17.7 Å². The van der Waals surface area contributed by atoms with Crippen LogP contribution in [0.15, 0.2) is 12.2 Å². The van der Waals surface area contributed by atoms with Crippen molar-refractivity contribution in [3.05, 3.63) is 12.2 Å². The Morgan fingerprint density at radius 3 is 2.19 bits per heavy atom. The average molecular weight is 366 g/mol. The van der Waals surface area contributed by atoms with Crippen LogP contribution in [-0.2, 0) is 24.0 Å². The molecule has 1 heterocycles. The molecular weight excluding hydrogens is 340 g/mol. The van der Waals surface area contributed by atoms with Gasteiger partial charge in [0.1, 0.15) is 12.1 Å². The lowest BCUT2D eigenvalue weighted by Gasteiger charge is -2.23. The molecule has 1 rings (SSSR count). The van der Waals surface area contributed by atoms with Crippen molar-refractivity contribution < 1.29 is 24.0 Å². The molecule has 2 atom stereocenters. The molecule has 0 aromatic heterocycles. The molecule has 0 aliphatic carbocycles. The Morgan fingerprint density at radius 2 is 1.65 bits per heavy atom. The van der Waals surface area contributed by atoms with Crippen LogP contribution >= 0.6 is 0 Å². The molecule has 0 aromatic rings. The van der Waals surface area contributed by atoms with E-state index in [1.165, 1.54) is 11.8 Å². The fraction of sp³-hybridized carbons (Fsp3) is 0.588. The summed E-state index contributed by atoms with van der Waals surface area (Å²) in [6.07, 6.45) is 2.99. The fourth-order valence-corrected chi connectivity index (χ4v) is 2.42. The van der Waals surface area contributed by atoms with E-state index in [9.17, 15) is 24.0 Å². The first-order valence-corrected chi connectivity index (χ1v) is 8.55. The van der Waals surface area contributed by atoms with Gasteiger partial charge >= 0.3 is 0 Å². The van der Waals surface area contributed by atoms with Crippen molar-refractivity contribution in [2.45, 2.75) is 45.7 Å². The normalized spacial score (nSPS) is 15.6. The SMILES string of the molecule is CCCN(C)C(=O)[C@H](C)NC(=O)[C@H](C)NC(=O)CCN1C(=O)C=CC1=O. The number of carbonyl (C=O) groups is 5. The Kier molecular flexibility index (Phi) is 7.95. The monoisotopic (exact) mass is 366 g/mol. The van der Waals surface area contributed by atoms with Gasteiger partial charge in [0, 0.05) is 38.7 Å². The van der Waals surface area contributed by atoms with Crippen molar-refractivity contribution in [3.63, 3.8) is 0 Å². The minimum absolute atomic E-state index is 0.0540. The molecule has 144 valence electrons. The maximum atomic E-state index is 12.1. The zero-order valence-electron chi connectivity index (χ0n) is 15.6. The van der Waals surface area contributed by atoms with Crippen LogP contribution in [0.5, 0.6) is 0 Å². The van der Waals surface area contributed by atoms with E-state index < -0.39 is 35.7 Å². The van der Waals surface area contributed by atoms with E-state index in [0.29, 0.717) is 6.54 Å². The molecule has 0 aromatic carbocycles. The number of nitrogens with zero attached hydrogens (tertiary/aromatic N) is 2. The maximum absolute atomic E-state index is 12.1. The third kappa shape index (κ3) is 5.98. The molecule has 0 bridgehead atoms. The summed E-state index contributed by atoms with van der Waals surface area (Å²) in [6, 6.07) is -1.55. The quantitative estimate of drug-likeness (QED) is 0.517. The second-order valence-corrected chi connectivity index (χ2v) is 6.19. The number of rotatable bonds is 9. The van der Waals surface area contributed by atoms with Gasteiger partial charge in [0.15, 0.2) is 0 Å². The highest BCUT2D eigenvalue weighted by atomic mass is 16.2. The van der Waals surface area contributed by atoms with Crippen molar-refractivity contribution in [1.29, 1.82) is 0 Å².